The Hall–Kier alpha value is -3.64. The largest absolute Gasteiger partial charge is 0.486 e. The normalized spacial score (nSPS) is 16.1. The molecule has 2 aliphatic heterocycles. The molecule has 12 heteroatoms. The number of carbonyl (C=O) groups excluding carboxylic acids is 1. The van der Waals surface area contributed by atoms with E-state index in [9.17, 15) is 18.0 Å². The second kappa shape index (κ2) is 10.0. The molecule has 5 rings (SSSR count). The summed E-state index contributed by atoms with van der Waals surface area (Å²) < 4.78 is 40.8. The molecule has 2 aliphatic rings. The molecule has 0 radical (unpaired) electrons. The molecule has 3 heterocycles. The third-order valence-corrected chi connectivity index (χ3v) is 8.29. The zero-order chi connectivity index (χ0) is 26.2. The molecule has 3 aromatic rings. The van der Waals surface area contributed by atoms with Crippen molar-refractivity contribution in [1.29, 1.82) is 0 Å². The Morgan fingerprint density at radius 2 is 1.68 bits per heavy atom. The van der Waals surface area contributed by atoms with Crippen molar-refractivity contribution in [2.45, 2.75) is 31.7 Å². The highest BCUT2D eigenvalue weighted by Crippen LogP contribution is 2.33. The molecular weight excluding hydrogens is 498 g/mol. The first-order valence-electron chi connectivity index (χ1n) is 12.2. The summed E-state index contributed by atoms with van der Waals surface area (Å²) in [5.41, 5.74) is 0.893. The number of nitrogens with one attached hydrogen (secondary N) is 1. The molecule has 196 valence electrons. The van der Waals surface area contributed by atoms with Gasteiger partial charge in [0.25, 0.3) is 5.56 Å². The minimum Gasteiger partial charge on any atom is -0.486 e. The van der Waals surface area contributed by atoms with Crippen LogP contribution in [0.5, 0.6) is 11.5 Å². The maximum atomic E-state index is 13.4. The molecule has 1 aromatic heterocycles. The minimum atomic E-state index is -3.71. The molecule has 1 saturated heterocycles. The van der Waals surface area contributed by atoms with Crippen LogP contribution in [0, 0.1) is 0 Å². The zero-order valence-corrected chi connectivity index (χ0v) is 21.6. The number of fused-ring (bicyclic) bond motifs is 2. The van der Waals surface area contributed by atoms with Gasteiger partial charge in [-0.15, -0.1) is 0 Å². The van der Waals surface area contributed by atoms with E-state index in [1.165, 1.54) is 23.4 Å². The average Bonchev–Trinajstić information content (AvgIpc) is 2.89. The van der Waals surface area contributed by atoms with Gasteiger partial charge in [0, 0.05) is 51.4 Å². The van der Waals surface area contributed by atoms with Gasteiger partial charge in [0.15, 0.2) is 11.5 Å². The number of aromatic nitrogens is 2. The molecule has 0 aliphatic carbocycles. The van der Waals surface area contributed by atoms with Crippen LogP contribution in [-0.2, 0) is 21.4 Å². The van der Waals surface area contributed by atoms with E-state index in [-0.39, 0.29) is 29.5 Å². The van der Waals surface area contributed by atoms with Crippen molar-refractivity contribution in [3.05, 3.63) is 46.8 Å². The Morgan fingerprint density at radius 1 is 1.03 bits per heavy atom. The van der Waals surface area contributed by atoms with Crippen LogP contribution < -0.4 is 25.2 Å². The lowest BCUT2D eigenvalue weighted by Crippen LogP contribution is -2.50. The number of anilines is 2. The number of benzene rings is 2. The number of carbonyl (C=O) groups is 1. The summed E-state index contributed by atoms with van der Waals surface area (Å²) in [6, 6.07) is 9.54. The fourth-order valence-corrected chi connectivity index (χ4v) is 6.03. The molecule has 0 atom stereocenters. The Kier molecular flexibility index (Phi) is 6.78. The SMILES string of the molecule is CCCn1c(N2CCN(S(=O)(=O)c3ccc(NC(C)=O)cc3)CC2)nc2cc3c(cc2c1=O)OCCO3. The maximum absolute atomic E-state index is 13.4. The Balaban J connectivity index is 1.40. The molecular formula is C25H29N5O6S. The Labute approximate surface area is 214 Å². The second-order valence-electron chi connectivity index (χ2n) is 8.98. The average molecular weight is 528 g/mol. The molecule has 1 amide bonds. The standard InChI is InChI=1S/C25H29N5O6S/c1-3-8-30-24(32)20-15-22-23(36-14-13-35-22)16-21(20)27-25(30)28-9-11-29(12-10-28)37(33,34)19-6-4-18(5-7-19)26-17(2)31/h4-7,15-16H,3,8-14H2,1-2H3,(H,26,31). The summed E-state index contributed by atoms with van der Waals surface area (Å²) in [4.78, 5) is 31.6. The van der Waals surface area contributed by atoms with Crippen LogP contribution in [0.4, 0.5) is 11.6 Å². The molecule has 0 saturated carbocycles. The number of sulfonamides is 1. The second-order valence-corrected chi connectivity index (χ2v) is 10.9. The highest BCUT2D eigenvalue weighted by molar-refractivity contribution is 7.89. The van der Waals surface area contributed by atoms with Gasteiger partial charge in [-0.3, -0.25) is 14.2 Å². The predicted molar refractivity (Wildman–Crippen MR) is 139 cm³/mol. The van der Waals surface area contributed by atoms with Crippen molar-refractivity contribution in [1.82, 2.24) is 13.9 Å². The first-order chi connectivity index (χ1) is 17.8. The van der Waals surface area contributed by atoms with E-state index < -0.39 is 10.0 Å². The molecule has 11 nitrogen and oxygen atoms in total. The highest BCUT2D eigenvalue weighted by atomic mass is 32.2. The van der Waals surface area contributed by atoms with E-state index in [1.54, 1.807) is 28.8 Å². The van der Waals surface area contributed by atoms with Crippen molar-refractivity contribution < 1.29 is 22.7 Å². The van der Waals surface area contributed by atoms with Crippen molar-refractivity contribution in [3.63, 3.8) is 0 Å². The van der Waals surface area contributed by atoms with E-state index in [1.807, 2.05) is 11.8 Å². The molecule has 1 fully saturated rings. The first kappa shape index (κ1) is 25.0. The van der Waals surface area contributed by atoms with Gasteiger partial charge in [-0.1, -0.05) is 6.92 Å². The molecule has 37 heavy (non-hydrogen) atoms. The quantitative estimate of drug-likeness (QED) is 0.517. The minimum absolute atomic E-state index is 0.159. The number of ether oxygens (including phenoxy) is 2. The summed E-state index contributed by atoms with van der Waals surface area (Å²) in [5, 5.41) is 3.10. The number of hydrogen-bond acceptors (Lipinski definition) is 8. The van der Waals surface area contributed by atoms with E-state index in [2.05, 4.69) is 5.32 Å². The van der Waals surface area contributed by atoms with Gasteiger partial charge in [-0.05, 0) is 36.8 Å². The Bertz CT molecular complexity index is 1490. The number of hydrogen-bond donors (Lipinski definition) is 1. The first-order valence-corrected chi connectivity index (χ1v) is 13.7. The van der Waals surface area contributed by atoms with Gasteiger partial charge in [-0.2, -0.15) is 4.31 Å². The highest BCUT2D eigenvalue weighted by Gasteiger charge is 2.30. The van der Waals surface area contributed by atoms with Crippen LogP contribution in [-0.4, -0.2) is 67.6 Å². The fraction of sp³-hybridized carbons (Fsp3) is 0.400. The van der Waals surface area contributed by atoms with Crippen LogP contribution in [0.15, 0.2) is 46.1 Å². The van der Waals surface area contributed by atoms with E-state index in [4.69, 9.17) is 14.5 Å². The zero-order valence-electron chi connectivity index (χ0n) is 20.8. The van der Waals surface area contributed by atoms with Crippen LogP contribution in [0.1, 0.15) is 20.3 Å². The van der Waals surface area contributed by atoms with Crippen LogP contribution in [0.25, 0.3) is 10.9 Å². The number of nitrogens with zero attached hydrogens (tertiary/aromatic N) is 4. The van der Waals surface area contributed by atoms with Gasteiger partial charge in [0.05, 0.1) is 15.8 Å². The molecule has 0 spiro atoms. The summed E-state index contributed by atoms with van der Waals surface area (Å²) in [5.74, 6) is 1.40. The van der Waals surface area contributed by atoms with Crippen LogP contribution in [0.3, 0.4) is 0 Å². The van der Waals surface area contributed by atoms with Gasteiger partial charge < -0.3 is 19.7 Å². The maximum Gasteiger partial charge on any atom is 0.262 e. The molecule has 0 unspecified atom stereocenters. The summed E-state index contributed by atoms with van der Waals surface area (Å²) in [7, 11) is -3.71. The lowest BCUT2D eigenvalue weighted by Gasteiger charge is -2.35. The number of amides is 1. The molecule has 2 aromatic carbocycles. The predicted octanol–water partition coefficient (Wildman–Crippen LogP) is 2.05. The summed E-state index contributed by atoms with van der Waals surface area (Å²) in [6.45, 7) is 6.00. The van der Waals surface area contributed by atoms with Gasteiger partial charge >= 0.3 is 0 Å². The third-order valence-electron chi connectivity index (χ3n) is 6.38. The smallest absolute Gasteiger partial charge is 0.262 e. The topological polar surface area (TPSA) is 123 Å². The summed E-state index contributed by atoms with van der Waals surface area (Å²) >= 11 is 0. The third kappa shape index (κ3) is 4.86. The summed E-state index contributed by atoms with van der Waals surface area (Å²) in [6.07, 6.45) is 0.744. The van der Waals surface area contributed by atoms with Gasteiger partial charge in [0.1, 0.15) is 13.2 Å². The number of piperazine rings is 1. The van der Waals surface area contributed by atoms with Crippen molar-refractivity contribution in [2.24, 2.45) is 0 Å². The van der Waals surface area contributed by atoms with Gasteiger partial charge in [0.2, 0.25) is 21.9 Å². The van der Waals surface area contributed by atoms with E-state index in [0.29, 0.717) is 66.9 Å². The van der Waals surface area contributed by atoms with E-state index >= 15 is 0 Å². The van der Waals surface area contributed by atoms with Crippen molar-refractivity contribution in [3.8, 4) is 11.5 Å². The van der Waals surface area contributed by atoms with Crippen molar-refractivity contribution in [2.75, 3.05) is 49.6 Å². The van der Waals surface area contributed by atoms with Gasteiger partial charge in [-0.25, -0.2) is 13.4 Å². The monoisotopic (exact) mass is 527 g/mol. The fourth-order valence-electron chi connectivity index (χ4n) is 4.60. The molecule has 1 N–H and O–H groups in total. The lowest BCUT2D eigenvalue weighted by atomic mass is 10.2. The van der Waals surface area contributed by atoms with Crippen molar-refractivity contribution >= 4 is 38.5 Å². The van der Waals surface area contributed by atoms with Crippen LogP contribution >= 0.6 is 0 Å². The molecule has 0 bridgehead atoms. The lowest BCUT2D eigenvalue weighted by molar-refractivity contribution is -0.114. The number of rotatable bonds is 6. The van der Waals surface area contributed by atoms with E-state index in [0.717, 1.165) is 6.42 Å². The Morgan fingerprint density at radius 3 is 2.30 bits per heavy atom. The van der Waals surface area contributed by atoms with Crippen LogP contribution in [0.2, 0.25) is 0 Å².